The second kappa shape index (κ2) is 6.40. The van der Waals surface area contributed by atoms with E-state index >= 15 is 0 Å². The maximum absolute atomic E-state index is 13.2. The van der Waals surface area contributed by atoms with E-state index in [4.69, 9.17) is 4.74 Å². The predicted octanol–water partition coefficient (Wildman–Crippen LogP) is 3.30. The molecule has 1 fully saturated rings. The SMILES string of the molecule is CC(C)(C)OC(=O)N1CC(=Cc2cccc(F)c2)C[C@H]1C(=O)O. The van der Waals surface area contributed by atoms with Crippen LogP contribution < -0.4 is 0 Å². The first-order valence-electron chi connectivity index (χ1n) is 7.33. The molecule has 1 aliphatic rings. The third-order valence-corrected chi connectivity index (χ3v) is 3.34. The van der Waals surface area contributed by atoms with Crippen molar-refractivity contribution in [2.45, 2.75) is 38.8 Å². The van der Waals surface area contributed by atoms with Crippen LogP contribution in [0.1, 0.15) is 32.8 Å². The Labute approximate surface area is 134 Å². The average Bonchev–Trinajstić information content (AvgIpc) is 2.81. The van der Waals surface area contributed by atoms with Gasteiger partial charge in [0.05, 0.1) is 0 Å². The first-order valence-corrected chi connectivity index (χ1v) is 7.33. The number of likely N-dealkylation sites (tertiary alicyclic amines) is 1. The summed E-state index contributed by atoms with van der Waals surface area (Å²) in [6.07, 6.45) is 1.25. The van der Waals surface area contributed by atoms with Crippen LogP contribution in [0.25, 0.3) is 6.08 Å². The monoisotopic (exact) mass is 321 g/mol. The summed E-state index contributed by atoms with van der Waals surface area (Å²) >= 11 is 0. The number of rotatable bonds is 2. The highest BCUT2D eigenvalue weighted by Crippen LogP contribution is 2.27. The number of carbonyl (C=O) groups excluding carboxylic acids is 1. The number of carboxylic acids is 1. The number of halogens is 1. The molecule has 124 valence electrons. The molecule has 5 nitrogen and oxygen atoms in total. The van der Waals surface area contributed by atoms with Crippen molar-refractivity contribution in [2.75, 3.05) is 6.54 Å². The summed E-state index contributed by atoms with van der Waals surface area (Å²) in [5, 5.41) is 9.32. The van der Waals surface area contributed by atoms with Gasteiger partial charge in [-0.3, -0.25) is 4.90 Å². The topological polar surface area (TPSA) is 66.8 Å². The molecular formula is C17H20FNO4. The lowest BCUT2D eigenvalue weighted by Gasteiger charge is -2.26. The second-order valence-corrected chi connectivity index (χ2v) is 6.52. The van der Waals surface area contributed by atoms with Crippen LogP contribution in [0, 0.1) is 5.82 Å². The normalized spacial score (nSPS) is 19.9. The largest absolute Gasteiger partial charge is 0.480 e. The van der Waals surface area contributed by atoms with Crippen molar-refractivity contribution in [1.29, 1.82) is 0 Å². The molecule has 1 heterocycles. The minimum Gasteiger partial charge on any atom is -0.480 e. The highest BCUT2D eigenvalue weighted by atomic mass is 19.1. The van der Waals surface area contributed by atoms with Crippen LogP contribution in [-0.2, 0) is 9.53 Å². The highest BCUT2D eigenvalue weighted by Gasteiger charge is 2.38. The molecule has 1 amide bonds. The minimum atomic E-state index is -1.08. The number of benzene rings is 1. The number of hydrogen-bond acceptors (Lipinski definition) is 3. The van der Waals surface area contributed by atoms with E-state index in [1.807, 2.05) is 0 Å². The Balaban J connectivity index is 2.21. The molecule has 1 aliphatic heterocycles. The number of carbonyl (C=O) groups is 2. The summed E-state index contributed by atoms with van der Waals surface area (Å²) in [5.74, 6) is -1.45. The van der Waals surface area contributed by atoms with Crippen molar-refractivity contribution < 1.29 is 23.8 Å². The van der Waals surface area contributed by atoms with Crippen molar-refractivity contribution in [1.82, 2.24) is 4.90 Å². The fraction of sp³-hybridized carbons (Fsp3) is 0.412. The molecule has 0 aliphatic carbocycles. The zero-order chi connectivity index (χ0) is 17.2. The van der Waals surface area contributed by atoms with E-state index in [0.29, 0.717) is 5.56 Å². The predicted molar refractivity (Wildman–Crippen MR) is 83.4 cm³/mol. The van der Waals surface area contributed by atoms with E-state index in [1.54, 1.807) is 39.0 Å². The fourth-order valence-corrected chi connectivity index (χ4v) is 2.42. The van der Waals surface area contributed by atoms with Gasteiger partial charge in [-0.15, -0.1) is 0 Å². The number of ether oxygens (including phenoxy) is 1. The van der Waals surface area contributed by atoms with Gasteiger partial charge in [0.15, 0.2) is 0 Å². The molecular weight excluding hydrogens is 301 g/mol. The van der Waals surface area contributed by atoms with Crippen molar-refractivity contribution in [3.8, 4) is 0 Å². The summed E-state index contributed by atoms with van der Waals surface area (Å²) in [7, 11) is 0. The molecule has 0 radical (unpaired) electrons. The number of hydrogen-bond donors (Lipinski definition) is 1. The lowest BCUT2D eigenvalue weighted by atomic mass is 10.1. The molecule has 0 bridgehead atoms. The van der Waals surface area contributed by atoms with Crippen LogP contribution in [0.3, 0.4) is 0 Å². The van der Waals surface area contributed by atoms with Gasteiger partial charge in [-0.25, -0.2) is 14.0 Å². The Morgan fingerprint density at radius 3 is 2.65 bits per heavy atom. The van der Waals surface area contributed by atoms with E-state index in [2.05, 4.69) is 0 Å². The maximum Gasteiger partial charge on any atom is 0.411 e. The summed E-state index contributed by atoms with van der Waals surface area (Å²) in [4.78, 5) is 24.8. The molecule has 1 N–H and O–H groups in total. The van der Waals surface area contributed by atoms with E-state index in [1.165, 1.54) is 17.0 Å². The van der Waals surface area contributed by atoms with Gasteiger partial charge >= 0.3 is 12.1 Å². The zero-order valence-electron chi connectivity index (χ0n) is 13.4. The van der Waals surface area contributed by atoms with Gasteiger partial charge in [-0.2, -0.15) is 0 Å². The van der Waals surface area contributed by atoms with E-state index < -0.39 is 23.7 Å². The molecule has 0 spiro atoms. The minimum absolute atomic E-state index is 0.155. The van der Waals surface area contributed by atoms with Gasteiger partial charge in [0, 0.05) is 13.0 Å². The maximum atomic E-state index is 13.2. The van der Waals surface area contributed by atoms with Crippen molar-refractivity contribution in [3.05, 3.63) is 41.2 Å². The van der Waals surface area contributed by atoms with E-state index in [9.17, 15) is 19.1 Å². The van der Waals surface area contributed by atoms with Gasteiger partial charge in [0.2, 0.25) is 0 Å². The van der Waals surface area contributed by atoms with E-state index in [0.717, 1.165) is 5.57 Å². The van der Waals surface area contributed by atoms with Crippen LogP contribution in [-0.4, -0.2) is 40.3 Å². The van der Waals surface area contributed by atoms with Crippen LogP contribution in [0.4, 0.5) is 9.18 Å². The standard InChI is InChI=1S/C17H20FNO4/c1-17(2,3)23-16(22)19-10-12(9-14(19)15(20)21)7-11-5-4-6-13(18)8-11/h4-8,14H,9-10H2,1-3H3,(H,20,21)/t14-/m0/s1. The van der Waals surface area contributed by atoms with Gasteiger partial charge in [0.1, 0.15) is 17.5 Å². The number of amides is 1. The number of aliphatic carboxylic acids is 1. The molecule has 6 heteroatoms. The van der Waals surface area contributed by atoms with Crippen LogP contribution in [0.5, 0.6) is 0 Å². The fourth-order valence-electron chi connectivity index (χ4n) is 2.42. The third-order valence-electron chi connectivity index (χ3n) is 3.34. The smallest absolute Gasteiger partial charge is 0.411 e. The van der Waals surface area contributed by atoms with Crippen molar-refractivity contribution in [2.24, 2.45) is 0 Å². The first kappa shape index (κ1) is 17.0. The second-order valence-electron chi connectivity index (χ2n) is 6.52. The molecule has 0 unspecified atom stereocenters. The molecule has 1 aromatic rings. The lowest BCUT2D eigenvalue weighted by Crippen LogP contribution is -2.43. The van der Waals surface area contributed by atoms with Crippen LogP contribution in [0.15, 0.2) is 29.8 Å². The van der Waals surface area contributed by atoms with Gasteiger partial charge in [-0.1, -0.05) is 18.2 Å². The molecule has 1 atom stereocenters. The average molecular weight is 321 g/mol. The Morgan fingerprint density at radius 2 is 2.09 bits per heavy atom. The molecule has 2 rings (SSSR count). The summed E-state index contributed by atoms with van der Waals surface area (Å²) < 4.78 is 18.5. The Hall–Kier alpha value is -2.37. The molecule has 1 aromatic carbocycles. The summed E-state index contributed by atoms with van der Waals surface area (Å²) in [6, 6.07) is 5.03. The van der Waals surface area contributed by atoms with Crippen molar-refractivity contribution >= 4 is 18.1 Å². The van der Waals surface area contributed by atoms with Gasteiger partial charge in [-0.05, 0) is 44.0 Å². The summed E-state index contributed by atoms with van der Waals surface area (Å²) in [5.41, 5.74) is 0.679. The Kier molecular flexibility index (Phi) is 4.73. The number of nitrogens with zero attached hydrogens (tertiary/aromatic N) is 1. The third kappa shape index (κ3) is 4.55. The zero-order valence-corrected chi connectivity index (χ0v) is 13.4. The molecule has 23 heavy (non-hydrogen) atoms. The molecule has 0 saturated carbocycles. The van der Waals surface area contributed by atoms with E-state index in [-0.39, 0.29) is 18.8 Å². The highest BCUT2D eigenvalue weighted by molar-refractivity contribution is 5.82. The molecule has 0 aromatic heterocycles. The number of carboxylic acid groups (broad SMARTS) is 1. The Morgan fingerprint density at radius 1 is 1.39 bits per heavy atom. The van der Waals surface area contributed by atoms with Crippen LogP contribution in [0.2, 0.25) is 0 Å². The quantitative estimate of drug-likeness (QED) is 0.907. The Bertz CT molecular complexity index is 648. The van der Waals surface area contributed by atoms with Gasteiger partial charge < -0.3 is 9.84 Å². The molecule has 1 saturated heterocycles. The first-order chi connectivity index (χ1) is 10.7. The summed E-state index contributed by atoms with van der Waals surface area (Å²) in [6.45, 7) is 5.32. The van der Waals surface area contributed by atoms with Crippen LogP contribution >= 0.6 is 0 Å². The van der Waals surface area contributed by atoms with Gasteiger partial charge in [0.25, 0.3) is 0 Å². The van der Waals surface area contributed by atoms with Crippen molar-refractivity contribution in [3.63, 3.8) is 0 Å². The lowest BCUT2D eigenvalue weighted by molar-refractivity contribution is -0.142.